The number of Topliss-reactive ketones (excluding diaryl/α,β-unsaturated/α-hetero) is 2. The topological polar surface area (TPSA) is 58.5 Å². The molecule has 1 fully saturated rings. The lowest BCUT2D eigenvalue weighted by atomic mass is 9.75. The molecule has 2 aliphatic rings. The van der Waals surface area contributed by atoms with Crippen molar-refractivity contribution < 1.29 is 9.59 Å². The number of carbonyl (C=O) groups is 2. The van der Waals surface area contributed by atoms with Gasteiger partial charge in [-0.25, -0.2) is 0 Å². The summed E-state index contributed by atoms with van der Waals surface area (Å²) in [5.74, 6) is 0.728. The van der Waals surface area contributed by atoms with Crippen LogP contribution in [-0.2, 0) is 9.59 Å². The van der Waals surface area contributed by atoms with Crippen LogP contribution in [0.25, 0.3) is 0 Å². The minimum Gasteiger partial charge on any atom is -0.371 e. The van der Waals surface area contributed by atoms with Crippen LogP contribution in [0.4, 0.5) is 0 Å². The molecule has 4 nitrogen and oxygen atoms in total. The molecule has 4 heteroatoms. The molecule has 0 aromatic rings. The number of nitrogens with one attached hydrogen (secondary N) is 1. The third-order valence-corrected chi connectivity index (χ3v) is 3.49. The van der Waals surface area contributed by atoms with Gasteiger partial charge < -0.3 is 5.32 Å². The Morgan fingerprint density at radius 1 is 1.25 bits per heavy atom. The van der Waals surface area contributed by atoms with Gasteiger partial charge in [-0.15, -0.1) is 0 Å². The highest BCUT2D eigenvalue weighted by molar-refractivity contribution is 6.21. The van der Waals surface area contributed by atoms with E-state index in [-0.39, 0.29) is 17.5 Å². The molecule has 1 N–H and O–H groups in total. The molecule has 0 amide bonds. The van der Waals surface area contributed by atoms with Crippen LogP contribution < -0.4 is 5.32 Å². The van der Waals surface area contributed by atoms with E-state index in [0.717, 1.165) is 6.54 Å². The number of carbonyl (C=O) groups excluding carboxylic acids is 2. The fourth-order valence-corrected chi connectivity index (χ4v) is 2.39. The first kappa shape index (κ1) is 11.3. The molecular weight excluding hydrogens is 204 g/mol. The molecule has 1 saturated carbocycles. The zero-order valence-electron chi connectivity index (χ0n) is 9.82. The van der Waals surface area contributed by atoms with Crippen molar-refractivity contribution >= 4 is 17.4 Å². The molecule has 0 aromatic heterocycles. The molecule has 0 saturated heterocycles. The predicted octanol–water partition coefficient (Wildman–Crippen LogP) is 0.808. The molecule has 0 radical (unpaired) electrons. The van der Waals surface area contributed by atoms with Crippen LogP contribution in [0.1, 0.15) is 26.7 Å². The Kier molecular flexibility index (Phi) is 3.08. The maximum Gasteiger partial charge on any atom is 0.151 e. The third kappa shape index (κ3) is 2.01. The van der Waals surface area contributed by atoms with E-state index in [0.29, 0.717) is 31.1 Å². The Morgan fingerprint density at radius 2 is 1.88 bits per heavy atom. The number of aliphatic imine (C=N–C) groups is 1. The van der Waals surface area contributed by atoms with Crippen LogP contribution in [0, 0.1) is 17.8 Å². The van der Waals surface area contributed by atoms with Crippen molar-refractivity contribution in [3.8, 4) is 0 Å². The van der Waals surface area contributed by atoms with Crippen LogP contribution in [0.3, 0.4) is 0 Å². The van der Waals surface area contributed by atoms with E-state index < -0.39 is 5.92 Å². The number of hydrogen-bond acceptors (Lipinski definition) is 4. The van der Waals surface area contributed by atoms with Crippen LogP contribution in [0.5, 0.6) is 0 Å². The standard InChI is InChI=1S/C12H18N2O2/c1-7(2)8-5-9(15)11(10(16)6-8)12-13-3-4-14-12/h7-8,11H,3-6H2,1-2H3,(H,13,14). The maximum absolute atomic E-state index is 12.0. The predicted molar refractivity (Wildman–Crippen MR) is 61.4 cm³/mol. The highest BCUT2D eigenvalue weighted by Gasteiger charge is 2.39. The molecule has 1 heterocycles. The van der Waals surface area contributed by atoms with Gasteiger partial charge in [-0.3, -0.25) is 14.6 Å². The second-order valence-corrected chi connectivity index (χ2v) is 4.97. The molecule has 0 spiro atoms. The van der Waals surface area contributed by atoms with Crippen LogP contribution in [-0.4, -0.2) is 30.5 Å². The number of hydrogen-bond donors (Lipinski definition) is 1. The monoisotopic (exact) mass is 222 g/mol. The van der Waals surface area contributed by atoms with E-state index in [1.807, 2.05) is 0 Å². The number of nitrogens with zero attached hydrogens (tertiary/aromatic N) is 1. The first-order valence-electron chi connectivity index (χ1n) is 5.93. The molecule has 0 bridgehead atoms. The Labute approximate surface area is 95.5 Å². The highest BCUT2D eigenvalue weighted by atomic mass is 16.2. The maximum atomic E-state index is 12.0. The lowest BCUT2D eigenvalue weighted by Crippen LogP contribution is -2.43. The smallest absolute Gasteiger partial charge is 0.151 e. The largest absolute Gasteiger partial charge is 0.371 e. The van der Waals surface area contributed by atoms with Gasteiger partial charge in [-0.1, -0.05) is 13.8 Å². The van der Waals surface area contributed by atoms with E-state index in [1.54, 1.807) is 0 Å². The molecular formula is C12H18N2O2. The van der Waals surface area contributed by atoms with Crippen molar-refractivity contribution in [2.45, 2.75) is 26.7 Å². The molecule has 0 atom stereocenters. The zero-order chi connectivity index (χ0) is 11.7. The summed E-state index contributed by atoms with van der Waals surface area (Å²) < 4.78 is 0. The van der Waals surface area contributed by atoms with Crippen molar-refractivity contribution in [1.29, 1.82) is 0 Å². The highest BCUT2D eigenvalue weighted by Crippen LogP contribution is 2.29. The summed E-state index contributed by atoms with van der Waals surface area (Å²) in [6.07, 6.45) is 1.05. The number of amidine groups is 1. The molecule has 1 aliphatic heterocycles. The minimum atomic E-state index is -0.586. The summed E-state index contributed by atoms with van der Waals surface area (Å²) in [6.45, 7) is 5.56. The van der Waals surface area contributed by atoms with Crippen LogP contribution >= 0.6 is 0 Å². The van der Waals surface area contributed by atoms with Crippen molar-refractivity contribution in [2.24, 2.45) is 22.7 Å². The van der Waals surface area contributed by atoms with Gasteiger partial charge in [-0.05, 0) is 11.8 Å². The van der Waals surface area contributed by atoms with E-state index in [1.165, 1.54) is 0 Å². The minimum absolute atomic E-state index is 0.0445. The second kappa shape index (κ2) is 4.36. The Balaban J connectivity index is 2.12. The van der Waals surface area contributed by atoms with Gasteiger partial charge in [0.25, 0.3) is 0 Å². The Bertz CT molecular complexity index is 329. The first-order valence-corrected chi connectivity index (χ1v) is 5.93. The lowest BCUT2D eigenvalue weighted by Gasteiger charge is -2.28. The molecule has 88 valence electrons. The van der Waals surface area contributed by atoms with Crippen LogP contribution in [0.2, 0.25) is 0 Å². The van der Waals surface area contributed by atoms with Gasteiger partial charge in [0.2, 0.25) is 0 Å². The van der Waals surface area contributed by atoms with Crippen LogP contribution in [0.15, 0.2) is 4.99 Å². The zero-order valence-corrected chi connectivity index (χ0v) is 9.82. The van der Waals surface area contributed by atoms with Crippen molar-refractivity contribution in [2.75, 3.05) is 13.1 Å². The van der Waals surface area contributed by atoms with Gasteiger partial charge in [0.1, 0.15) is 11.8 Å². The molecule has 1 aliphatic carbocycles. The second-order valence-electron chi connectivity index (χ2n) is 4.97. The van der Waals surface area contributed by atoms with Gasteiger partial charge in [0.05, 0.1) is 6.54 Å². The van der Waals surface area contributed by atoms with E-state index >= 15 is 0 Å². The number of ketones is 2. The normalized spacial score (nSPS) is 30.6. The summed E-state index contributed by atoms with van der Waals surface area (Å²) >= 11 is 0. The average Bonchev–Trinajstić information content (AvgIpc) is 2.69. The van der Waals surface area contributed by atoms with Crippen molar-refractivity contribution in [3.63, 3.8) is 0 Å². The Hall–Kier alpha value is -1.19. The average molecular weight is 222 g/mol. The van der Waals surface area contributed by atoms with E-state index in [2.05, 4.69) is 24.2 Å². The van der Waals surface area contributed by atoms with Gasteiger partial charge in [-0.2, -0.15) is 0 Å². The SMILES string of the molecule is CC(C)C1CC(=O)C(C2=NCCN2)C(=O)C1. The fraction of sp³-hybridized carbons (Fsp3) is 0.750. The lowest BCUT2D eigenvalue weighted by molar-refractivity contribution is -0.135. The summed E-state index contributed by atoms with van der Waals surface area (Å²) in [7, 11) is 0. The summed E-state index contributed by atoms with van der Waals surface area (Å²) in [5, 5.41) is 3.04. The third-order valence-electron chi connectivity index (χ3n) is 3.49. The van der Waals surface area contributed by atoms with Gasteiger partial charge in [0, 0.05) is 19.4 Å². The van der Waals surface area contributed by atoms with Gasteiger partial charge >= 0.3 is 0 Å². The van der Waals surface area contributed by atoms with Crippen molar-refractivity contribution in [1.82, 2.24) is 5.32 Å². The fourth-order valence-electron chi connectivity index (χ4n) is 2.39. The van der Waals surface area contributed by atoms with Crippen molar-refractivity contribution in [3.05, 3.63) is 0 Å². The molecule has 16 heavy (non-hydrogen) atoms. The van der Waals surface area contributed by atoms with Gasteiger partial charge in [0.15, 0.2) is 11.6 Å². The van der Waals surface area contributed by atoms with E-state index in [4.69, 9.17) is 0 Å². The summed E-state index contributed by atoms with van der Waals surface area (Å²) in [4.78, 5) is 28.1. The summed E-state index contributed by atoms with van der Waals surface area (Å²) in [5.41, 5.74) is 0. The Morgan fingerprint density at radius 3 is 2.31 bits per heavy atom. The quantitative estimate of drug-likeness (QED) is 0.703. The van der Waals surface area contributed by atoms with E-state index in [9.17, 15) is 9.59 Å². The summed E-state index contributed by atoms with van der Waals surface area (Å²) in [6, 6.07) is 0. The molecule has 2 rings (SSSR count). The molecule has 0 aromatic carbocycles. The number of rotatable bonds is 2. The molecule has 0 unspecified atom stereocenters. The first-order chi connectivity index (χ1) is 7.59.